The van der Waals surface area contributed by atoms with E-state index in [2.05, 4.69) is 0 Å². The van der Waals surface area contributed by atoms with Gasteiger partial charge < -0.3 is 28.8 Å². The summed E-state index contributed by atoms with van der Waals surface area (Å²) in [5.74, 6) is 1.17. The number of aromatic hydroxyl groups is 1. The zero-order valence-electron chi connectivity index (χ0n) is 16.6. The number of ketones is 1. The van der Waals surface area contributed by atoms with Crippen LogP contribution in [0.5, 0.6) is 28.7 Å². The van der Waals surface area contributed by atoms with Crippen LogP contribution in [-0.2, 0) is 4.74 Å². The number of allylic oxidation sites excluding steroid dienone is 1. The van der Waals surface area contributed by atoms with Crippen LogP contribution in [0.4, 0.5) is 0 Å². The van der Waals surface area contributed by atoms with Gasteiger partial charge >= 0.3 is 0 Å². The minimum absolute atomic E-state index is 0.0349. The summed E-state index contributed by atoms with van der Waals surface area (Å²) >= 11 is 0. The first-order valence-corrected chi connectivity index (χ1v) is 8.55. The lowest BCUT2D eigenvalue weighted by atomic mass is 10.1. The predicted octanol–water partition coefficient (Wildman–Crippen LogP) is 3.69. The Bertz CT molecular complexity index is 846. The number of Topliss-reactive ketones (excluding diaryl/α,β-unsaturated/α-hetero) is 1. The lowest BCUT2D eigenvalue weighted by Crippen LogP contribution is -2.08. The highest BCUT2D eigenvalue weighted by Crippen LogP contribution is 2.39. The number of hydrogen-bond donors (Lipinski definition) is 1. The second kappa shape index (κ2) is 9.55. The fraction of sp³-hybridized carbons (Fsp3) is 0.286. The van der Waals surface area contributed by atoms with Crippen LogP contribution in [-0.4, -0.2) is 45.9 Å². The summed E-state index contributed by atoms with van der Waals surface area (Å²) in [4.78, 5) is 13.1. The SMILES string of the molecule is CCO/C(=C\c1ccc(OC)c(O)c1)C(=O)c1cc(OC)c(OC)c(OC)c1. The Morgan fingerprint density at radius 3 is 2.00 bits per heavy atom. The first-order valence-electron chi connectivity index (χ1n) is 8.55. The molecule has 7 heteroatoms. The highest BCUT2D eigenvalue weighted by atomic mass is 16.5. The van der Waals surface area contributed by atoms with Gasteiger partial charge in [0.2, 0.25) is 11.5 Å². The molecule has 0 aliphatic heterocycles. The van der Waals surface area contributed by atoms with Gasteiger partial charge in [0.25, 0.3) is 0 Å². The lowest BCUT2D eigenvalue weighted by Gasteiger charge is -2.15. The molecule has 2 rings (SSSR count). The molecule has 7 nitrogen and oxygen atoms in total. The molecule has 0 atom stereocenters. The average Bonchev–Trinajstić information content (AvgIpc) is 2.71. The summed E-state index contributed by atoms with van der Waals surface area (Å²) in [6, 6.07) is 7.92. The topological polar surface area (TPSA) is 83.5 Å². The molecular weight excluding hydrogens is 364 g/mol. The molecule has 0 amide bonds. The lowest BCUT2D eigenvalue weighted by molar-refractivity contribution is 0.0930. The Kier molecular flexibility index (Phi) is 7.14. The summed E-state index contributed by atoms with van der Waals surface area (Å²) in [6.07, 6.45) is 1.55. The number of ether oxygens (including phenoxy) is 5. The van der Waals surface area contributed by atoms with Crippen LogP contribution in [0, 0.1) is 0 Å². The highest BCUT2D eigenvalue weighted by molar-refractivity contribution is 6.10. The van der Waals surface area contributed by atoms with E-state index in [-0.39, 0.29) is 17.3 Å². The third-order valence-electron chi connectivity index (χ3n) is 3.95. The molecule has 0 radical (unpaired) electrons. The number of benzene rings is 2. The molecule has 0 unspecified atom stereocenters. The van der Waals surface area contributed by atoms with Crippen LogP contribution in [0.3, 0.4) is 0 Å². The van der Waals surface area contributed by atoms with Crippen LogP contribution in [0.1, 0.15) is 22.8 Å². The number of phenols is 1. The predicted molar refractivity (Wildman–Crippen MR) is 105 cm³/mol. The van der Waals surface area contributed by atoms with Gasteiger partial charge in [-0.1, -0.05) is 6.07 Å². The molecule has 0 saturated carbocycles. The number of carbonyl (C=O) groups excluding carboxylic acids is 1. The normalized spacial score (nSPS) is 11.0. The zero-order chi connectivity index (χ0) is 20.7. The molecule has 150 valence electrons. The van der Waals surface area contributed by atoms with Crippen molar-refractivity contribution in [1.82, 2.24) is 0 Å². The van der Waals surface area contributed by atoms with E-state index in [1.807, 2.05) is 0 Å². The molecular formula is C21H24O7. The summed E-state index contributed by atoms with van der Waals surface area (Å²) < 4.78 is 26.5. The van der Waals surface area contributed by atoms with Crippen molar-refractivity contribution in [2.45, 2.75) is 6.92 Å². The standard InChI is InChI=1S/C21H24O7/c1-6-28-17(10-13-7-8-16(24-2)15(22)9-13)20(23)14-11-18(25-3)21(27-5)19(12-14)26-4/h7-12,22H,6H2,1-5H3/b17-10-. The Morgan fingerprint density at radius 1 is 0.929 bits per heavy atom. The van der Waals surface area contributed by atoms with E-state index >= 15 is 0 Å². The van der Waals surface area contributed by atoms with Crippen LogP contribution < -0.4 is 18.9 Å². The molecule has 0 aliphatic carbocycles. The third kappa shape index (κ3) is 4.49. The first kappa shape index (κ1) is 21.0. The number of methoxy groups -OCH3 is 4. The molecule has 2 aromatic carbocycles. The number of carbonyl (C=O) groups is 1. The van der Waals surface area contributed by atoms with Gasteiger partial charge in [-0.05, 0) is 42.8 Å². The van der Waals surface area contributed by atoms with E-state index in [4.69, 9.17) is 23.7 Å². The third-order valence-corrected chi connectivity index (χ3v) is 3.95. The first-order chi connectivity index (χ1) is 13.5. The van der Waals surface area contributed by atoms with Crippen LogP contribution in [0.15, 0.2) is 36.1 Å². The summed E-state index contributed by atoms with van der Waals surface area (Å²) in [5.41, 5.74) is 0.898. The fourth-order valence-corrected chi connectivity index (χ4v) is 2.63. The van der Waals surface area contributed by atoms with E-state index in [9.17, 15) is 9.90 Å². The molecule has 28 heavy (non-hydrogen) atoms. The maximum atomic E-state index is 13.1. The maximum absolute atomic E-state index is 13.1. The molecule has 0 aliphatic rings. The molecule has 0 saturated heterocycles. The molecule has 1 N–H and O–H groups in total. The number of rotatable bonds is 9. The largest absolute Gasteiger partial charge is 0.504 e. The van der Waals surface area contributed by atoms with Gasteiger partial charge in [0, 0.05) is 5.56 Å². The summed E-state index contributed by atoms with van der Waals surface area (Å²) in [7, 11) is 5.91. The Hall–Kier alpha value is -3.35. The van der Waals surface area contributed by atoms with Crippen molar-refractivity contribution in [2.24, 2.45) is 0 Å². The fourth-order valence-electron chi connectivity index (χ4n) is 2.63. The van der Waals surface area contributed by atoms with Crippen LogP contribution in [0.2, 0.25) is 0 Å². The van der Waals surface area contributed by atoms with E-state index < -0.39 is 0 Å². The Labute approximate surface area is 164 Å². The van der Waals surface area contributed by atoms with Crippen molar-refractivity contribution in [2.75, 3.05) is 35.0 Å². The quantitative estimate of drug-likeness (QED) is 0.398. The monoisotopic (exact) mass is 388 g/mol. The number of hydrogen-bond acceptors (Lipinski definition) is 7. The Balaban J connectivity index is 2.49. The smallest absolute Gasteiger partial charge is 0.227 e. The van der Waals surface area contributed by atoms with Gasteiger partial charge in [-0.2, -0.15) is 0 Å². The molecule has 0 fully saturated rings. The van der Waals surface area contributed by atoms with E-state index in [0.29, 0.717) is 40.7 Å². The second-order valence-corrected chi connectivity index (χ2v) is 5.62. The van der Waals surface area contributed by atoms with Crippen LogP contribution >= 0.6 is 0 Å². The van der Waals surface area contributed by atoms with Gasteiger partial charge in [0.05, 0.1) is 35.0 Å². The van der Waals surface area contributed by atoms with E-state index in [1.165, 1.54) is 34.5 Å². The summed E-state index contributed by atoms with van der Waals surface area (Å²) in [5, 5.41) is 9.96. The summed E-state index contributed by atoms with van der Waals surface area (Å²) in [6.45, 7) is 2.08. The second-order valence-electron chi connectivity index (χ2n) is 5.62. The van der Waals surface area contributed by atoms with Gasteiger partial charge in [-0.15, -0.1) is 0 Å². The minimum Gasteiger partial charge on any atom is -0.504 e. The van der Waals surface area contributed by atoms with Crippen molar-refractivity contribution in [1.29, 1.82) is 0 Å². The van der Waals surface area contributed by atoms with Gasteiger partial charge in [0.15, 0.2) is 28.8 Å². The van der Waals surface area contributed by atoms with Crippen molar-refractivity contribution >= 4 is 11.9 Å². The van der Waals surface area contributed by atoms with Gasteiger partial charge in [0.1, 0.15) is 0 Å². The molecule has 0 spiro atoms. The molecule has 2 aromatic rings. The van der Waals surface area contributed by atoms with Crippen molar-refractivity contribution in [3.05, 3.63) is 47.2 Å². The van der Waals surface area contributed by atoms with Crippen molar-refractivity contribution < 1.29 is 33.6 Å². The van der Waals surface area contributed by atoms with Crippen molar-refractivity contribution in [3.63, 3.8) is 0 Å². The average molecular weight is 388 g/mol. The van der Waals surface area contributed by atoms with Gasteiger partial charge in [-0.3, -0.25) is 4.79 Å². The molecule has 0 aromatic heterocycles. The van der Waals surface area contributed by atoms with Crippen LogP contribution in [0.25, 0.3) is 6.08 Å². The molecule has 0 bridgehead atoms. The molecule has 0 heterocycles. The van der Waals surface area contributed by atoms with E-state index in [0.717, 1.165) is 0 Å². The minimum atomic E-state index is -0.364. The highest BCUT2D eigenvalue weighted by Gasteiger charge is 2.20. The number of phenolic OH excluding ortho intramolecular Hbond substituents is 1. The maximum Gasteiger partial charge on any atom is 0.227 e. The van der Waals surface area contributed by atoms with Crippen molar-refractivity contribution in [3.8, 4) is 28.7 Å². The van der Waals surface area contributed by atoms with E-state index in [1.54, 1.807) is 37.3 Å². The Morgan fingerprint density at radius 2 is 1.54 bits per heavy atom. The zero-order valence-corrected chi connectivity index (χ0v) is 16.6. The van der Waals surface area contributed by atoms with Gasteiger partial charge in [-0.25, -0.2) is 0 Å².